The second kappa shape index (κ2) is 6.29. The summed E-state index contributed by atoms with van der Waals surface area (Å²) >= 11 is 0. The number of phenols is 1. The van der Waals surface area contributed by atoms with Gasteiger partial charge in [0.05, 0.1) is 18.7 Å². The van der Waals surface area contributed by atoms with Crippen LogP contribution in [0, 0.1) is 0 Å². The molecule has 6 heteroatoms. The average molecular weight is 368 g/mol. The van der Waals surface area contributed by atoms with Gasteiger partial charge in [0.15, 0.2) is 5.75 Å². The van der Waals surface area contributed by atoms with Crippen molar-refractivity contribution >= 4 is 5.97 Å². The van der Waals surface area contributed by atoms with E-state index < -0.39 is 5.97 Å². The van der Waals surface area contributed by atoms with Crippen LogP contribution in [0.1, 0.15) is 72.9 Å². The Bertz CT molecular complexity index is 909. The first-order valence-electron chi connectivity index (χ1n) is 9.95. The van der Waals surface area contributed by atoms with Crippen molar-refractivity contribution in [3.05, 3.63) is 34.6 Å². The number of aromatic nitrogens is 2. The Hall–Kier alpha value is -2.50. The summed E-state index contributed by atoms with van der Waals surface area (Å²) in [4.78, 5) is 11.1. The van der Waals surface area contributed by atoms with Crippen molar-refractivity contribution in [2.75, 3.05) is 0 Å². The standard InChI is InChI=1S/C21H24N2O4/c24-16-8-9-17(15-3-1-2-14(15)16)27-21-19(12-4-5-12)22-23(11-10-18(25)26)20(21)13-6-7-13/h8-9,12-13,24H,1-7,10-11H2,(H,25,26). The number of aliphatic carboxylic acids is 1. The number of ether oxygens (including phenoxy) is 1. The van der Waals surface area contributed by atoms with E-state index in [4.69, 9.17) is 14.9 Å². The first-order chi connectivity index (χ1) is 13.1. The molecule has 1 aromatic carbocycles. The highest BCUT2D eigenvalue weighted by molar-refractivity contribution is 5.66. The highest BCUT2D eigenvalue weighted by Gasteiger charge is 2.39. The van der Waals surface area contributed by atoms with E-state index in [1.807, 2.05) is 10.7 Å². The van der Waals surface area contributed by atoms with Crippen LogP contribution in [0.4, 0.5) is 0 Å². The number of carboxylic acid groups (broad SMARTS) is 1. The van der Waals surface area contributed by atoms with Crippen molar-refractivity contribution in [1.82, 2.24) is 9.78 Å². The van der Waals surface area contributed by atoms with Crippen LogP contribution in [0.5, 0.6) is 17.2 Å². The van der Waals surface area contributed by atoms with E-state index >= 15 is 0 Å². The van der Waals surface area contributed by atoms with Crippen LogP contribution in [-0.2, 0) is 24.2 Å². The number of phenolic OH excluding ortho intramolecular Hbond substituents is 1. The van der Waals surface area contributed by atoms with Gasteiger partial charge in [0, 0.05) is 23.0 Å². The molecule has 3 aliphatic rings. The number of hydrogen-bond acceptors (Lipinski definition) is 4. The number of aromatic hydroxyl groups is 1. The van der Waals surface area contributed by atoms with Crippen molar-refractivity contribution in [1.29, 1.82) is 0 Å². The van der Waals surface area contributed by atoms with Gasteiger partial charge in [0.1, 0.15) is 17.2 Å². The number of fused-ring (bicyclic) bond motifs is 1. The Labute approximate surface area is 157 Å². The Kier molecular flexibility index (Phi) is 3.88. The molecule has 3 aliphatic carbocycles. The molecule has 6 nitrogen and oxygen atoms in total. The average Bonchev–Trinajstić information content (AvgIpc) is 3.57. The zero-order chi connectivity index (χ0) is 18.5. The van der Waals surface area contributed by atoms with Crippen LogP contribution in [0.25, 0.3) is 0 Å². The normalized spacial score (nSPS) is 18.5. The molecule has 2 fully saturated rings. The van der Waals surface area contributed by atoms with E-state index in [0.717, 1.165) is 79.0 Å². The molecule has 0 radical (unpaired) electrons. The summed E-state index contributed by atoms with van der Waals surface area (Å²) in [7, 11) is 0. The molecular formula is C21H24N2O4. The first kappa shape index (κ1) is 16.7. The number of nitrogens with zero attached hydrogens (tertiary/aromatic N) is 2. The number of benzene rings is 1. The number of hydrogen-bond donors (Lipinski definition) is 2. The second-order valence-corrected chi connectivity index (χ2v) is 8.01. The lowest BCUT2D eigenvalue weighted by Crippen LogP contribution is -2.09. The first-order valence-corrected chi connectivity index (χ1v) is 9.95. The molecular weight excluding hydrogens is 344 g/mol. The summed E-state index contributed by atoms with van der Waals surface area (Å²) in [6, 6.07) is 3.59. The SMILES string of the molecule is O=C(O)CCn1nc(C2CC2)c(Oc2ccc(O)c3c2CCC3)c1C1CC1. The molecule has 0 amide bonds. The molecule has 0 unspecified atom stereocenters. The number of rotatable bonds is 7. The van der Waals surface area contributed by atoms with Crippen LogP contribution in [0.15, 0.2) is 12.1 Å². The topological polar surface area (TPSA) is 84.6 Å². The maximum atomic E-state index is 11.1. The Morgan fingerprint density at radius 3 is 2.59 bits per heavy atom. The van der Waals surface area contributed by atoms with Crippen LogP contribution in [0.2, 0.25) is 0 Å². The molecule has 0 saturated heterocycles. The molecule has 0 atom stereocenters. The van der Waals surface area contributed by atoms with Gasteiger partial charge in [0.2, 0.25) is 0 Å². The van der Waals surface area contributed by atoms with Gasteiger partial charge in [-0.3, -0.25) is 9.48 Å². The van der Waals surface area contributed by atoms with Gasteiger partial charge >= 0.3 is 5.97 Å². The van der Waals surface area contributed by atoms with Crippen molar-refractivity contribution in [3.8, 4) is 17.2 Å². The predicted octanol–water partition coefficient (Wildman–Crippen LogP) is 4.10. The van der Waals surface area contributed by atoms with Crippen molar-refractivity contribution in [3.63, 3.8) is 0 Å². The summed E-state index contributed by atoms with van der Waals surface area (Å²) in [6.07, 6.45) is 7.35. The number of carbonyl (C=O) groups is 1. The zero-order valence-electron chi connectivity index (χ0n) is 15.3. The third-order valence-corrected chi connectivity index (χ3v) is 5.87. The fourth-order valence-electron chi connectivity index (χ4n) is 4.19. The Morgan fingerprint density at radius 2 is 1.89 bits per heavy atom. The van der Waals surface area contributed by atoms with Gasteiger partial charge < -0.3 is 14.9 Å². The molecule has 0 aliphatic heterocycles. The molecule has 1 aromatic heterocycles. The quantitative estimate of drug-likeness (QED) is 0.769. The van der Waals surface area contributed by atoms with E-state index in [1.54, 1.807) is 6.07 Å². The number of carboxylic acids is 1. The summed E-state index contributed by atoms with van der Waals surface area (Å²) in [5.41, 5.74) is 4.17. The fourth-order valence-corrected chi connectivity index (χ4v) is 4.19. The minimum atomic E-state index is -0.806. The molecule has 5 rings (SSSR count). The second-order valence-electron chi connectivity index (χ2n) is 8.01. The van der Waals surface area contributed by atoms with Crippen LogP contribution in [0.3, 0.4) is 0 Å². The minimum Gasteiger partial charge on any atom is -0.508 e. The van der Waals surface area contributed by atoms with Gasteiger partial charge in [0.25, 0.3) is 0 Å². The molecule has 142 valence electrons. The maximum Gasteiger partial charge on any atom is 0.305 e. The van der Waals surface area contributed by atoms with E-state index in [-0.39, 0.29) is 6.42 Å². The third-order valence-electron chi connectivity index (χ3n) is 5.87. The van der Waals surface area contributed by atoms with Crippen LogP contribution < -0.4 is 4.74 Å². The van der Waals surface area contributed by atoms with E-state index in [0.29, 0.717) is 24.1 Å². The predicted molar refractivity (Wildman–Crippen MR) is 98.6 cm³/mol. The van der Waals surface area contributed by atoms with Gasteiger partial charge in [-0.05, 0) is 57.1 Å². The van der Waals surface area contributed by atoms with Crippen molar-refractivity contribution < 1.29 is 19.7 Å². The van der Waals surface area contributed by atoms with Crippen LogP contribution in [-0.4, -0.2) is 26.0 Å². The molecule has 2 saturated carbocycles. The van der Waals surface area contributed by atoms with E-state index in [9.17, 15) is 9.90 Å². The molecule has 27 heavy (non-hydrogen) atoms. The highest BCUT2D eigenvalue weighted by atomic mass is 16.5. The van der Waals surface area contributed by atoms with Crippen molar-refractivity contribution in [2.45, 2.75) is 69.7 Å². The lowest BCUT2D eigenvalue weighted by Gasteiger charge is -2.14. The molecule has 1 heterocycles. The largest absolute Gasteiger partial charge is 0.508 e. The monoisotopic (exact) mass is 368 g/mol. The zero-order valence-corrected chi connectivity index (χ0v) is 15.3. The lowest BCUT2D eigenvalue weighted by molar-refractivity contribution is -0.137. The van der Waals surface area contributed by atoms with Gasteiger partial charge in [-0.2, -0.15) is 5.10 Å². The highest BCUT2D eigenvalue weighted by Crippen LogP contribution is 2.52. The smallest absolute Gasteiger partial charge is 0.305 e. The Morgan fingerprint density at radius 1 is 1.15 bits per heavy atom. The summed E-state index contributed by atoms with van der Waals surface area (Å²) in [5, 5.41) is 24.0. The van der Waals surface area contributed by atoms with E-state index in [1.165, 1.54) is 0 Å². The Balaban J connectivity index is 1.55. The summed E-state index contributed by atoms with van der Waals surface area (Å²) in [6.45, 7) is 0.387. The maximum absolute atomic E-state index is 11.1. The third kappa shape index (κ3) is 3.07. The van der Waals surface area contributed by atoms with Gasteiger partial charge in [-0.15, -0.1) is 0 Å². The number of aryl methyl sites for hydroxylation is 1. The molecule has 0 spiro atoms. The molecule has 0 bridgehead atoms. The van der Waals surface area contributed by atoms with Crippen LogP contribution >= 0.6 is 0 Å². The molecule has 2 N–H and O–H groups in total. The molecule has 2 aromatic rings. The van der Waals surface area contributed by atoms with Gasteiger partial charge in [-0.1, -0.05) is 0 Å². The van der Waals surface area contributed by atoms with E-state index in [2.05, 4.69) is 0 Å². The fraction of sp³-hybridized carbons (Fsp3) is 0.524. The van der Waals surface area contributed by atoms with Crippen molar-refractivity contribution in [2.24, 2.45) is 0 Å². The summed E-state index contributed by atoms with van der Waals surface area (Å²) < 4.78 is 8.37. The summed E-state index contributed by atoms with van der Waals surface area (Å²) in [5.74, 6) is 2.07. The van der Waals surface area contributed by atoms with Gasteiger partial charge in [-0.25, -0.2) is 0 Å². The minimum absolute atomic E-state index is 0.0690. The lowest BCUT2D eigenvalue weighted by atomic mass is 10.1.